The molecule has 2 rings (SSSR count). The Hall–Kier alpha value is -2.07. The number of carbonyl (C=O) groups excluding carboxylic acids is 1. The van der Waals surface area contributed by atoms with Crippen LogP contribution in [0.2, 0.25) is 5.02 Å². The van der Waals surface area contributed by atoms with Gasteiger partial charge in [0.25, 0.3) is 5.91 Å². The molecule has 19 heavy (non-hydrogen) atoms. The zero-order chi connectivity index (χ0) is 13.7. The van der Waals surface area contributed by atoms with Gasteiger partial charge in [0.2, 0.25) is 0 Å². The summed E-state index contributed by atoms with van der Waals surface area (Å²) in [4.78, 5) is 15.7. The van der Waals surface area contributed by atoms with Crippen molar-refractivity contribution in [1.82, 2.24) is 10.3 Å². The Kier molecular flexibility index (Phi) is 4.36. The topological polar surface area (TPSA) is 68.0 Å². The van der Waals surface area contributed by atoms with Gasteiger partial charge in [-0.05, 0) is 18.1 Å². The van der Waals surface area contributed by atoms with E-state index in [9.17, 15) is 4.79 Å². The molecule has 0 spiro atoms. The third-order valence-corrected chi connectivity index (χ3v) is 2.98. The minimum atomic E-state index is -0.203. The van der Waals surface area contributed by atoms with Gasteiger partial charge in [-0.3, -0.25) is 4.79 Å². The van der Waals surface area contributed by atoms with E-state index in [2.05, 4.69) is 10.3 Å². The number of carbonyl (C=O) groups is 1. The number of nitrogen functional groups attached to an aromatic ring is 1. The lowest BCUT2D eigenvalue weighted by molar-refractivity contribution is 0.0954. The fraction of sp³-hybridized carbons (Fsp3) is 0.143. The number of pyridine rings is 1. The number of amides is 1. The maximum absolute atomic E-state index is 11.8. The van der Waals surface area contributed by atoms with E-state index < -0.39 is 0 Å². The molecule has 1 amide bonds. The highest BCUT2D eigenvalue weighted by Crippen LogP contribution is 2.16. The summed E-state index contributed by atoms with van der Waals surface area (Å²) in [6.45, 7) is 0.560. The van der Waals surface area contributed by atoms with Gasteiger partial charge in [-0.2, -0.15) is 0 Å². The van der Waals surface area contributed by atoms with Crippen molar-refractivity contribution in [3.8, 4) is 0 Å². The van der Waals surface area contributed by atoms with Gasteiger partial charge in [0.05, 0.1) is 10.6 Å². The van der Waals surface area contributed by atoms with Gasteiger partial charge in [0.15, 0.2) is 0 Å². The van der Waals surface area contributed by atoms with Gasteiger partial charge < -0.3 is 11.1 Å². The number of benzene rings is 1. The van der Waals surface area contributed by atoms with E-state index in [1.54, 1.807) is 0 Å². The van der Waals surface area contributed by atoms with Crippen molar-refractivity contribution >= 4 is 23.3 Å². The second-order valence-corrected chi connectivity index (χ2v) is 4.49. The van der Waals surface area contributed by atoms with Gasteiger partial charge in [-0.15, -0.1) is 0 Å². The highest BCUT2D eigenvalue weighted by atomic mass is 35.5. The number of rotatable bonds is 4. The maximum atomic E-state index is 11.8. The molecule has 0 saturated heterocycles. The van der Waals surface area contributed by atoms with Crippen molar-refractivity contribution in [3.05, 3.63) is 58.7 Å². The standard InChI is InChI=1S/C14H14ClN3O/c15-12-8-11(9-18-13(12)16)14(19)17-7-6-10-4-2-1-3-5-10/h1-5,8-9H,6-7H2,(H2,16,18)(H,17,19). The molecule has 0 aliphatic carbocycles. The molecule has 1 aromatic heterocycles. The number of halogens is 1. The number of aromatic nitrogens is 1. The third kappa shape index (κ3) is 3.69. The fourth-order valence-electron chi connectivity index (χ4n) is 1.64. The van der Waals surface area contributed by atoms with Gasteiger partial charge in [0.1, 0.15) is 5.82 Å². The number of nitrogens with one attached hydrogen (secondary N) is 1. The minimum absolute atomic E-state index is 0.203. The van der Waals surface area contributed by atoms with Crippen LogP contribution < -0.4 is 11.1 Å². The van der Waals surface area contributed by atoms with E-state index in [4.69, 9.17) is 17.3 Å². The van der Waals surface area contributed by atoms with E-state index in [0.29, 0.717) is 12.1 Å². The highest BCUT2D eigenvalue weighted by Gasteiger charge is 2.07. The Morgan fingerprint density at radius 3 is 2.74 bits per heavy atom. The molecule has 1 aromatic carbocycles. The van der Waals surface area contributed by atoms with Crippen LogP contribution in [-0.2, 0) is 6.42 Å². The first-order chi connectivity index (χ1) is 9.16. The summed E-state index contributed by atoms with van der Waals surface area (Å²) >= 11 is 5.82. The quantitative estimate of drug-likeness (QED) is 0.900. The molecule has 0 fully saturated rings. The summed E-state index contributed by atoms with van der Waals surface area (Å²) in [6, 6.07) is 11.5. The molecule has 4 nitrogen and oxygen atoms in total. The lowest BCUT2D eigenvalue weighted by Gasteiger charge is -2.06. The molecular formula is C14H14ClN3O. The summed E-state index contributed by atoms with van der Waals surface area (Å²) < 4.78 is 0. The van der Waals surface area contributed by atoms with Gasteiger partial charge in [0, 0.05) is 12.7 Å². The molecule has 0 atom stereocenters. The second kappa shape index (κ2) is 6.20. The third-order valence-electron chi connectivity index (χ3n) is 2.67. The van der Waals surface area contributed by atoms with E-state index in [0.717, 1.165) is 6.42 Å². The normalized spacial score (nSPS) is 10.2. The van der Waals surface area contributed by atoms with Crippen LogP contribution in [0, 0.1) is 0 Å². The summed E-state index contributed by atoms with van der Waals surface area (Å²) in [5.74, 6) is 0.0211. The Morgan fingerprint density at radius 1 is 1.32 bits per heavy atom. The van der Waals surface area contributed by atoms with E-state index in [1.807, 2.05) is 30.3 Å². The van der Waals surface area contributed by atoms with Gasteiger partial charge in [-0.1, -0.05) is 41.9 Å². The molecule has 0 bridgehead atoms. The predicted molar refractivity (Wildman–Crippen MR) is 76.1 cm³/mol. The number of anilines is 1. The number of nitrogens with two attached hydrogens (primary N) is 1. The summed E-state index contributed by atoms with van der Waals surface area (Å²) in [5.41, 5.74) is 7.08. The molecule has 0 radical (unpaired) electrons. The van der Waals surface area contributed by atoms with Crippen LogP contribution >= 0.6 is 11.6 Å². The molecule has 0 aliphatic heterocycles. The van der Waals surface area contributed by atoms with Crippen molar-refractivity contribution in [3.63, 3.8) is 0 Å². The largest absolute Gasteiger partial charge is 0.382 e. The Balaban J connectivity index is 1.89. The second-order valence-electron chi connectivity index (χ2n) is 4.08. The van der Waals surface area contributed by atoms with Crippen molar-refractivity contribution < 1.29 is 4.79 Å². The lowest BCUT2D eigenvalue weighted by atomic mass is 10.1. The lowest BCUT2D eigenvalue weighted by Crippen LogP contribution is -2.25. The molecule has 3 N–H and O–H groups in total. The Morgan fingerprint density at radius 2 is 2.05 bits per heavy atom. The Bertz CT molecular complexity index is 572. The van der Waals surface area contributed by atoms with Gasteiger partial charge >= 0.3 is 0 Å². The fourth-order valence-corrected chi connectivity index (χ4v) is 1.81. The molecule has 0 unspecified atom stereocenters. The minimum Gasteiger partial charge on any atom is -0.382 e. The van der Waals surface area contributed by atoms with Crippen LogP contribution in [0.5, 0.6) is 0 Å². The summed E-state index contributed by atoms with van der Waals surface area (Å²) in [6.07, 6.45) is 2.20. The highest BCUT2D eigenvalue weighted by molar-refractivity contribution is 6.33. The van der Waals surface area contributed by atoms with E-state index in [-0.39, 0.29) is 16.7 Å². The summed E-state index contributed by atoms with van der Waals surface area (Å²) in [7, 11) is 0. The Labute approximate surface area is 116 Å². The summed E-state index contributed by atoms with van der Waals surface area (Å²) in [5, 5.41) is 3.10. The van der Waals surface area contributed by atoms with Crippen LogP contribution in [0.1, 0.15) is 15.9 Å². The smallest absolute Gasteiger partial charge is 0.252 e. The SMILES string of the molecule is Nc1ncc(C(=O)NCCc2ccccc2)cc1Cl. The number of hydrogen-bond donors (Lipinski definition) is 2. The monoisotopic (exact) mass is 275 g/mol. The predicted octanol–water partition coefficient (Wildman–Crippen LogP) is 2.29. The number of nitrogens with zero attached hydrogens (tertiary/aromatic N) is 1. The first-order valence-electron chi connectivity index (χ1n) is 5.90. The van der Waals surface area contributed by atoms with Gasteiger partial charge in [-0.25, -0.2) is 4.98 Å². The average Bonchev–Trinajstić information content (AvgIpc) is 2.43. The van der Waals surface area contributed by atoms with Crippen molar-refractivity contribution in [2.75, 3.05) is 12.3 Å². The molecule has 0 aliphatic rings. The molecule has 1 heterocycles. The first-order valence-corrected chi connectivity index (χ1v) is 6.28. The zero-order valence-electron chi connectivity index (χ0n) is 10.3. The van der Waals surface area contributed by atoms with Crippen LogP contribution in [0.3, 0.4) is 0 Å². The maximum Gasteiger partial charge on any atom is 0.252 e. The van der Waals surface area contributed by atoms with E-state index in [1.165, 1.54) is 17.8 Å². The molecule has 5 heteroatoms. The average molecular weight is 276 g/mol. The molecular weight excluding hydrogens is 262 g/mol. The number of hydrogen-bond acceptors (Lipinski definition) is 3. The first kappa shape index (κ1) is 13.4. The van der Waals surface area contributed by atoms with Crippen molar-refractivity contribution in [2.24, 2.45) is 0 Å². The molecule has 98 valence electrons. The van der Waals surface area contributed by atoms with Crippen LogP contribution in [0.25, 0.3) is 0 Å². The molecule has 0 saturated carbocycles. The van der Waals surface area contributed by atoms with Crippen LogP contribution in [0.4, 0.5) is 5.82 Å². The van der Waals surface area contributed by atoms with Crippen LogP contribution in [-0.4, -0.2) is 17.4 Å². The van der Waals surface area contributed by atoms with E-state index >= 15 is 0 Å². The van der Waals surface area contributed by atoms with Crippen molar-refractivity contribution in [2.45, 2.75) is 6.42 Å². The van der Waals surface area contributed by atoms with Crippen LogP contribution in [0.15, 0.2) is 42.6 Å². The molecule has 2 aromatic rings. The zero-order valence-corrected chi connectivity index (χ0v) is 11.0. The van der Waals surface area contributed by atoms with Crippen molar-refractivity contribution in [1.29, 1.82) is 0 Å².